The second-order valence-electron chi connectivity index (χ2n) is 3.46. The van der Waals surface area contributed by atoms with Gasteiger partial charge in [-0.25, -0.2) is 9.59 Å². The van der Waals surface area contributed by atoms with E-state index in [4.69, 9.17) is 5.11 Å². The summed E-state index contributed by atoms with van der Waals surface area (Å²) in [6, 6.07) is -1.31. The minimum absolute atomic E-state index is 0.348. The van der Waals surface area contributed by atoms with Crippen LogP contribution < -0.4 is 10.6 Å². The Kier molecular flexibility index (Phi) is 7.45. The number of carboxylic acid groups (broad SMARTS) is 1. The second-order valence-corrected chi connectivity index (χ2v) is 4.44. The van der Waals surface area contributed by atoms with Gasteiger partial charge in [-0.15, -0.1) is 0 Å². The van der Waals surface area contributed by atoms with Crippen LogP contribution in [0.3, 0.4) is 0 Å². The van der Waals surface area contributed by atoms with Gasteiger partial charge in [0.15, 0.2) is 0 Å². The Morgan fingerprint density at radius 3 is 2.56 bits per heavy atom. The average molecular weight is 246 g/mol. The molecule has 0 heterocycles. The zero-order valence-electron chi connectivity index (χ0n) is 9.58. The lowest BCUT2D eigenvalue weighted by atomic mass is 10.2. The normalized spacial score (nSPS) is 11.6. The molecule has 0 aromatic heterocycles. The van der Waals surface area contributed by atoms with Gasteiger partial charge in [-0.3, -0.25) is 0 Å². The van der Waals surface area contributed by atoms with Gasteiger partial charge in [0, 0.05) is 6.54 Å². The summed E-state index contributed by atoms with van der Waals surface area (Å²) >= 11 is 1.54. The summed E-state index contributed by atoms with van der Waals surface area (Å²) in [5, 5.41) is 13.8. The van der Waals surface area contributed by atoms with Crippen LogP contribution in [0.2, 0.25) is 0 Å². The average Bonchev–Trinajstić information content (AvgIpc) is 2.20. The molecule has 0 rings (SSSR count). The van der Waals surface area contributed by atoms with E-state index in [0.29, 0.717) is 18.7 Å². The Morgan fingerprint density at radius 1 is 1.50 bits per heavy atom. The molecule has 0 saturated carbocycles. The van der Waals surface area contributed by atoms with Crippen LogP contribution in [0.5, 0.6) is 0 Å². The fourth-order valence-electron chi connectivity index (χ4n) is 0.934. The zero-order valence-corrected chi connectivity index (χ0v) is 10.4. The molecule has 0 aromatic carbocycles. The van der Waals surface area contributed by atoms with Gasteiger partial charge < -0.3 is 15.7 Å². The third kappa shape index (κ3) is 7.17. The van der Waals surface area contributed by atoms with E-state index in [1.807, 2.05) is 6.26 Å². The van der Waals surface area contributed by atoms with Crippen LogP contribution in [0.15, 0.2) is 12.2 Å². The fourth-order valence-corrected chi connectivity index (χ4v) is 1.40. The van der Waals surface area contributed by atoms with Crippen molar-refractivity contribution in [2.24, 2.45) is 0 Å². The predicted octanol–water partition coefficient (Wildman–Crippen LogP) is 1.07. The van der Waals surface area contributed by atoms with Crippen molar-refractivity contribution >= 4 is 23.8 Å². The molecule has 0 fully saturated rings. The summed E-state index contributed by atoms with van der Waals surface area (Å²) in [7, 11) is 0. The molecule has 0 bridgehead atoms. The predicted molar refractivity (Wildman–Crippen MR) is 65.8 cm³/mol. The SMILES string of the molecule is C=C(C)CNC(=O)N[C@H](CCSC)C(=O)O. The first-order chi connectivity index (χ1) is 7.47. The lowest BCUT2D eigenvalue weighted by Gasteiger charge is -2.14. The number of carbonyl (C=O) groups is 2. The molecule has 3 N–H and O–H groups in total. The Labute approximate surface area is 99.7 Å². The van der Waals surface area contributed by atoms with Gasteiger partial charge in [-0.05, 0) is 25.4 Å². The van der Waals surface area contributed by atoms with Gasteiger partial charge >= 0.3 is 12.0 Å². The molecule has 0 aliphatic heterocycles. The Morgan fingerprint density at radius 2 is 2.12 bits per heavy atom. The molecule has 16 heavy (non-hydrogen) atoms. The molecule has 0 aliphatic rings. The number of carboxylic acids is 1. The molecular weight excluding hydrogens is 228 g/mol. The van der Waals surface area contributed by atoms with Crippen LogP contribution in [-0.2, 0) is 4.79 Å². The molecule has 92 valence electrons. The van der Waals surface area contributed by atoms with Crippen LogP contribution >= 0.6 is 11.8 Å². The molecular formula is C10H18N2O3S. The number of amides is 2. The van der Waals surface area contributed by atoms with Gasteiger partial charge in [0.1, 0.15) is 6.04 Å². The Hall–Kier alpha value is -1.17. The highest BCUT2D eigenvalue weighted by atomic mass is 32.2. The summed E-state index contributed by atoms with van der Waals surface area (Å²) in [4.78, 5) is 22.1. The summed E-state index contributed by atoms with van der Waals surface area (Å²) in [6.45, 7) is 5.76. The Bertz CT molecular complexity index is 269. The first kappa shape index (κ1) is 14.8. The zero-order chi connectivity index (χ0) is 12.6. The molecule has 0 radical (unpaired) electrons. The number of aliphatic carboxylic acids is 1. The van der Waals surface area contributed by atoms with Crippen LogP contribution in [-0.4, -0.2) is 41.7 Å². The van der Waals surface area contributed by atoms with Crippen molar-refractivity contribution in [2.45, 2.75) is 19.4 Å². The fraction of sp³-hybridized carbons (Fsp3) is 0.600. The maximum Gasteiger partial charge on any atom is 0.326 e. The molecule has 0 saturated heterocycles. The van der Waals surface area contributed by atoms with Crippen molar-refractivity contribution in [1.29, 1.82) is 0 Å². The van der Waals surface area contributed by atoms with E-state index in [1.54, 1.807) is 18.7 Å². The highest BCUT2D eigenvalue weighted by Crippen LogP contribution is 2.00. The van der Waals surface area contributed by atoms with E-state index in [9.17, 15) is 9.59 Å². The molecule has 0 aromatic rings. The quantitative estimate of drug-likeness (QED) is 0.587. The smallest absolute Gasteiger partial charge is 0.326 e. The molecule has 0 spiro atoms. The Balaban J connectivity index is 4.02. The number of hydrogen-bond acceptors (Lipinski definition) is 3. The van der Waals surface area contributed by atoms with E-state index < -0.39 is 18.0 Å². The molecule has 6 heteroatoms. The first-order valence-electron chi connectivity index (χ1n) is 4.88. The molecule has 0 unspecified atom stereocenters. The molecule has 5 nitrogen and oxygen atoms in total. The monoisotopic (exact) mass is 246 g/mol. The van der Waals surface area contributed by atoms with Crippen molar-refractivity contribution in [3.05, 3.63) is 12.2 Å². The summed E-state index contributed by atoms with van der Waals surface area (Å²) < 4.78 is 0. The molecule has 1 atom stereocenters. The summed E-state index contributed by atoms with van der Waals surface area (Å²) in [5.41, 5.74) is 0.811. The van der Waals surface area contributed by atoms with Gasteiger partial charge in [-0.1, -0.05) is 12.2 Å². The van der Waals surface area contributed by atoms with Crippen LogP contribution in [0.4, 0.5) is 4.79 Å². The van der Waals surface area contributed by atoms with Gasteiger partial charge in [0.25, 0.3) is 0 Å². The summed E-state index contributed by atoms with van der Waals surface area (Å²) in [6.07, 6.45) is 2.30. The third-order valence-electron chi connectivity index (χ3n) is 1.76. The highest BCUT2D eigenvalue weighted by Gasteiger charge is 2.18. The number of carbonyl (C=O) groups excluding carboxylic acids is 1. The van der Waals surface area contributed by atoms with Gasteiger partial charge in [-0.2, -0.15) is 11.8 Å². The van der Waals surface area contributed by atoms with Crippen molar-refractivity contribution < 1.29 is 14.7 Å². The van der Waals surface area contributed by atoms with Crippen molar-refractivity contribution in [1.82, 2.24) is 10.6 Å². The number of thioether (sulfide) groups is 1. The number of urea groups is 1. The number of rotatable bonds is 7. The standard InChI is InChI=1S/C10H18N2O3S/c1-7(2)6-11-10(15)12-8(9(13)14)4-5-16-3/h8H,1,4-6H2,2-3H3,(H,13,14)(H2,11,12,15)/t8-/m1/s1. The minimum atomic E-state index is -1.01. The second kappa shape index (κ2) is 8.04. The van der Waals surface area contributed by atoms with Crippen LogP contribution in [0.25, 0.3) is 0 Å². The first-order valence-corrected chi connectivity index (χ1v) is 6.27. The molecule has 2 amide bonds. The third-order valence-corrected chi connectivity index (χ3v) is 2.41. The minimum Gasteiger partial charge on any atom is -0.480 e. The van der Waals surface area contributed by atoms with Crippen molar-refractivity contribution in [2.75, 3.05) is 18.6 Å². The highest BCUT2D eigenvalue weighted by molar-refractivity contribution is 7.98. The maximum absolute atomic E-state index is 11.3. The van der Waals surface area contributed by atoms with Gasteiger partial charge in [0.2, 0.25) is 0 Å². The molecule has 0 aliphatic carbocycles. The van der Waals surface area contributed by atoms with E-state index in [1.165, 1.54) is 0 Å². The van der Waals surface area contributed by atoms with E-state index in [2.05, 4.69) is 17.2 Å². The maximum atomic E-state index is 11.3. The van der Waals surface area contributed by atoms with E-state index in [-0.39, 0.29) is 0 Å². The number of nitrogens with one attached hydrogen (secondary N) is 2. The van der Waals surface area contributed by atoms with E-state index >= 15 is 0 Å². The largest absolute Gasteiger partial charge is 0.480 e. The topological polar surface area (TPSA) is 78.4 Å². The van der Waals surface area contributed by atoms with Crippen molar-refractivity contribution in [3.8, 4) is 0 Å². The summed E-state index contributed by atoms with van der Waals surface area (Å²) in [5.74, 6) is -0.322. The van der Waals surface area contributed by atoms with E-state index in [0.717, 1.165) is 5.57 Å². The van der Waals surface area contributed by atoms with Crippen molar-refractivity contribution in [3.63, 3.8) is 0 Å². The lowest BCUT2D eigenvalue weighted by Crippen LogP contribution is -2.46. The number of hydrogen-bond donors (Lipinski definition) is 3. The van der Waals surface area contributed by atoms with Gasteiger partial charge in [0.05, 0.1) is 0 Å². The van der Waals surface area contributed by atoms with Crippen LogP contribution in [0.1, 0.15) is 13.3 Å². The lowest BCUT2D eigenvalue weighted by molar-refractivity contribution is -0.139. The van der Waals surface area contributed by atoms with Crippen LogP contribution in [0, 0.1) is 0 Å².